The Morgan fingerprint density at radius 3 is 1.34 bits per heavy atom. The van der Waals surface area contributed by atoms with Crippen molar-refractivity contribution in [3.05, 3.63) is 82.6 Å². The number of imidazole rings is 2. The van der Waals surface area contributed by atoms with Gasteiger partial charge in [-0.25, -0.2) is 47.3 Å². The topological polar surface area (TPSA) is 255 Å². The molecule has 0 aliphatic rings. The number of thiophene rings is 1. The number of para-hydroxylation sites is 4. The van der Waals surface area contributed by atoms with E-state index in [0.717, 1.165) is 4.88 Å². The maximum atomic E-state index is 13.4. The van der Waals surface area contributed by atoms with Crippen molar-refractivity contribution in [1.29, 1.82) is 15.8 Å². The summed E-state index contributed by atoms with van der Waals surface area (Å²) in [5, 5.41) is 24.0. The number of hydrogen-bond acceptors (Lipinski definition) is 15. The zero-order valence-corrected chi connectivity index (χ0v) is 34.9. The van der Waals surface area contributed by atoms with Crippen molar-refractivity contribution in [3.8, 4) is 18.2 Å². The molecule has 0 spiro atoms. The van der Waals surface area contributed by atoms with Crippen molar-refractivity contribution in [2.45, 2.75) is 93.2 Å². The maximum absolute atomic E-state index is 13.4. The molecule has 5 aromatic rings. The first-order chi connectivity index (χ1) is 25.6. The molecule has 5 rings (SSSR count). The fourth-order valence-corrected chi connectivity index (χ4v) is 5.32. The van der Waals surface area contributed by atoms with E-state index >= 15 is 0 Å². The molecule has 0 fully saturated rings. The van der Waals surface area contributed by atoms with Crippen LogP contribution in [0, 0.1) is 44.2 Å². The van der Waals surface area contributed by atoms with Crippen LogP contribution in [0.5, 0.6) is 0 Å². The number of halogens is 1. The minimum absolute atomic E-state index is 0. The van der Waals surface area contributed by atoms with Crippen LogP contribution in [0.1, 0.15) is 78.8 Å². The van der Waals surface area contributed by atoms with Crippen LogP contribution >= 0.6 is 11.3 Å². The summed E-state index contributed by atoms with van der Waals surface area (Å²) in [6.07, 6.45) is -0.975. The summed E-state index contributed by atoms with van der Waals surface area (Å²) in [4.78, 5) is 39.7. The Bertz CT molecular complexity index is 1960. The minimum Gasteiger partial charge on any atom is -0.443 e. The van der Waals surface area contributed by atoms with Gasteiger partial charge in [-0.15, -0.1) is 21.6 Å². The zero-order valence-electron chi connectivity index (χ0n) is 32.4. The van der Waals surface area contributed by atoms with Crippen molar-refractivity contribution in [2.24, 2.45) is 0 Å². The molecular weight excluding hydrogens is 816 g/mol. The number of nitriles is 3. The summed E-state index contributed by atoms with van der Waals surface area (Å²) in [6.45, 7) is 16.5. The Balaban J connectivity index is 0.00000176. The number of fused-ring (bicyclic) bond motifs is 2. The van der Waals surface area contributed by atoms with Gasteiger partial charge in [0.25, 0.3) is 0 Å². The van der Waals surface area contributed by atoms with Gasteiger partial charge in [-0.1, -0.05) is 30.3 Å². The largest absolute Gasteiger partial charge is 1.00 e. The summed E-state index contributed by atoms with van der Waals surface area (Å²) in [5.41, 5.74) is 1.40. The smallest absolute Gasteiger partial charge is 0.443 e. The van der Waals surface area contributed by atoms with Crippen LogP contribution in [0.25, 0.3) is 22.1 Å². The predicted octanol–water partition coefficient (Wildman–Crippen LogP) is 4.05. The first-order valence-electron chi connectivity index (χ1n) is 16.3. The molecule has 0 radical (unpaired) electrons. The molecule has 0 aliphatic carbocycles. The van der Waals surface area contributed by atoms with Gasteiger partial charge < -0.3 is 9.47 Å². The Labute approximate surface area is 343 Å². The van der Waals surface area contributed by atoms with Crippen molar-refractivity contribution in [2.75, 3.05) is 0 Å². The van der Waals surface area contributed by atoms with Crippen LogP contribution in [0.3, 0.4) is 0 Å². The molecule has 56 heavy (non-hydrogen) atoms. The standard InChI is InChI=1S/C31H35N5O4S.3C2H3N.ClHO4.Cu/c1-30(2,3)39-28(37)35-24-15-9-7-13-22(24)32-26(35)19-34(18-21-12-11-17-41-21)20-27-33-23-14-8-10-16-25(23)36(27)29(38)40-31(4,5)6;3*1-2-3;2-1(3,4)5;/h7-17H,18-20H2,1-6H3;3*1H3;(H,2,3,4,5);/q;;;;;+1/p-1. The first kappa shape index (κ1) is 51.1. The molecule has 16 nitrogen and oxygen atoms in total. The molecular formula is C37H44ClCuN8O8S. The van der Waals surface area contributed by atoms with E-state index in [1.807, 2.05) is 102 Å². The average Bonchev–Trinajstić information content (AvgIpc) is 3.77. The Hall–Kier alpha value is -4.90. The van der Waals surface area contributed by atoms with E-state index in [2.05, 4.69) is 11.0 Å². The van der Waals surface area contributed by atoms with Crippen LogP contribution in [0.4, 0.5) is 9.59 Å². The molecule has 0 saturated carbocycles. The number of carbonyl (C=O) groups is 2. The molecule has 0 bridgehead atoms. The Morgan fingerprint density at radius 1 is 0.696 bits per heavy atom. The number of carbonyl (C=O) groups excluding carboxylic acids is 2. The minimum atomic E-state index is -4.94. The number of ether oxygens (including phenoxy) is 2. The van der Waals surface area contributed by atoms with E-state index in [9.17, 15) is 9.59 Å². The molecule has 0 atom stereocenters. The number of aromatic nitrogens is 4. The molecule has 0 N–H and O–H groups in total. The van der Waals surface area contributed by atoms with Crippen molar-refractivity contribution < 1.29 is 65.0 Å². The normalized spacial score (nSPS) is 10.6. The van der Waals surface area contributed by atoms with Gasteiger partial charge in [-0.05, 0) is 77.3 Å². The Morgan fingerprint density at radius 2 is 1.04 bits per heavy atom. The molecule has 3 heterocycles. The van der Waals surface area contributed by atoms with Gasteiger partial charge in [-0.2, -0.15) is 15.8 Å². The summed E-state index contributed by atoms with van der Waals surface area (Å²) >= 11 is 1.64. The number of hydrogen-bond donors (Lipinski definition) is 0. The first-order valence-corrected chi connectivity index (χ1v) is 18.4. The van der Waals surface area contributed by atoms with E-state index in [1.54, 1.807) is 38.7 Å². The van der Waals surface area contributed by atoms with Crippen LogP contribution in [-0.4, -0.2) is 47.4 Å². The van der Waals surface area contributed by atoms with E-state index in [4.69, 9.17) is 53.9 Å². The second-order valence-corrected chi connectivity index (χ2v) is 14.7. The molecule has 0 saturated heterocycles. The summed E-state index contributed by atoms with van der Waals surface area (Å²) < 4.78 is 48.6. The quantitative estimate of drug-likeness (QED) is 0.219. The molecule has 0 aliphatic heterocycles. The Kier molecular flexibility index (Phi) is 21.8. The van der Waals surface area contributed by atoms with E-state index < -0.39 is 33.6 Å². The van der Waals surface area contributed by atoms with Gasteiger partial charge in [-0.3, -0.25) is 4.90 Å². The summed E-state index contributed by atoms with van der Waals surface area (Å²) in [7, 11) is -4.94. The van der Waals surface area contributed by atoms with Gasteiger partial charge in [0.2, 0.25) is 0 Å². The molecule has 0 unspecified atom stereocenters. The van der Waals surface area contributed by atoms with E-state index in [1.165, 1.54) is 20.8 Å². The van der Waals surface area contributed by atoms with Crippen molar-refractivity contribution in [3.63, 3.8) is 0 Å². The number of rotatable bonds is 6. The zero-order chi connectivity index (χ0) is 42.0. The van der Waals surface area contributed by atoms with Gasteiger partial charge in [0.05, 0.1) is 53.4 Å². The SMILES string of the molecule is CC#N.CC#N.CC#N.CC(C)(C)OC(=O)n1c(CN(Cc2cccs2)Cc2nc3ccccc3n2C(=O)OC(C)(C)C)nc2ccccc21.[Cu+].[O-][Cl+3]([O-])([O-])[O-]. The van der Waals surface area contributed by atoms with Gasteiger partial charge in [0.1, 0.15) is 22.9 Å². The van der Waals surface area contributed by atoms with Gasteiger partial charge in [0.15, 0.2) is 0 Å². The molecule has 2 aromatic carbocycles. The third-order valence-electron chi connectivity index (χ3n) is 6.10. The van der Waals surface area contributed by atoms with Crippen LogP contribution < -0.4 is 18.6 Å². The van der Waals surface area contributed by atoms with E-state index in [-0.39, 0.29) is 17.1 Å². The number of benzene rings is 2. The number of nitrogens with zero attached hydrogens (tertiary/aromatic N) is 8. The fraction of sp³-hybridized carbons (Fsp3) is 0.378. The molecule has 19 heteroatoms. The van der Waals surface area contributed by atoms with Crippen molar-refractivity contribution in [1.82, 2.24) is 24.0 Å². The van der Waals surface area contributed by atoms with Crippen LogP contribution in [-0.2, 0) is 46.2 Å². The maximum Gasteiger partial charge on any atom is 1.00 e. The molecule has 0 amide bonds. The average molecular weight is 860 g/mol. The van der Waals surface area contributed by atoms with Crippen LogP contribution in [0.2, 0.25) is 0 Å². The third-order valence-corrected chi connectivity index (χ3v) is 6.96. The monoisotopic (exact) mass is 858 g/mol. The predicted molar refractivity (Wildman–Crippen MR) is 194 cm³/mol. The summed E-state index contributed by atoms with van der Waals surface area (Å²) in [5.74, 6) is 1.08. The second-order valence-electron chi connectivity index (χ2n) is 12.9. The van der Waals surface area contributed by atoms with Gasteiger partial charge >= 0.3 is 29.3 Å². The van der Waals surface area contributed by atoms with Gasteiger partial charge in [0, 0.05) is 32.2 Å². The summed E-state index contributed by atoms with van der Waals surface area (Å²) in [6, 6.07) is 24.3. The van der Waals surface area contributed by atoms with Crippen molar-refractivity contribution >= 4 is 45.6 Å². The second kappa shape index (κ2) is 23.9. The fourth-order valence-electron chi connectivity index (χ4n) is 4.58. The molecule has 3 aromatic heterocycles. The van der Waals surface area contributed by atoms with Crippen LogP contribution in [0.15, 0.2) is 66.0 Å². The van der Waals surface area contributed by atoms with E-state index in [0.29, 0.717) is 53.3 Å². The third kappa shape index (κ3) is 18.6. The molecule has 304 valence electrons.